The van der Waals surface area contributed by atoms with Gasteiger partial charge in [-0.25, -0.2) is 8.78 Å². The Morgan fingerprint density at radius 1 is 1.28 bits per heavy atom. The third kappa shape index (κ3) is 7.13. The molecule has 2 atom stereocenters. The molecule has 0 radical (unpaired) electrons. The molecular weight excluding hydrogens is 482 g/mol. The van der Waals surface area contributed by atoms with E-state index in [0.29, 0.717) is 29.0 Å². The summed E-state index contributed by atoms with van der Waals surface area (Å²) in [6, 6.07) is 5.97. The first-order valence-electron chi connectivity index (χ1n) is 12.0. The normalized spacial score (nSPS) is 19.4. The van der Waals surface area contributed by atoms with E-state index < -0.39 is 11.7 Å². The largest absolute Gasteiger partial charge is 0.496 e. The number of benzene rings is 1. The molecule has 0 unspecified atom stereocenters. The Kier molecular flexibility index (Phi) is 10.0. The second kappa shape index (κ2) is 13.0. The number of ketones is 1. The van der Waals surface area contributed by atoms with Crippen LogP contribution in [0.2, 0.25) is 0 Å². The van der Waals surface area contributed by atoms with Gasteiger partial charge in [-0.05, 0) is 74.1 Å². The summed E-state index contributed by atoms with van der Waals surface area (Å²) in [5, 5.41) is 8.94. The number of nitrogens with zero attached hydrogens (tertiary/aromatic N) is 4. The summed E-state index contributed by atoms with van der Waals surface area (Å²) in [5.74, 6) is 0.873. The Hall–Kier alpha value is -2.78. The van der Waals surface area contributed by atoms with Gasteiger partial charge in [0.05, 0.1) is 12.7 Å². The van der Waals surface area contributed by atoms with Crippen molar-refractivity contribution in [3.8, 4) is 5.75 Å². The third-order valence-electron chi connectivity index (χ3n) is 6.31. The number of likely N-dealkylation sites (tertiary alicyclic amines) is 1. The molecule has 194 valence electrons. The monoisotopic (exact) mass is 516 g/mol. The number of hydrogen-bond acceptors (Lipinski definition) is 6. The maximum Gasteiger partial charge on any atom is 0.191 e. The molecule has 1 fully saturated rings. The van der Waals surface area contributed by atoms with Gasteiger partial charge in [-0.3, -0.25) is 4.79 Å². The molecule has 0 N–H and O–H groups in total. The maximum absolute atomic E-state index is 13.6. The number of hydrogen-bond donors (Lipinski definition) is 0. The first-order valence-corrected chi connectivity index (χ1v) is 13.0. The van der Waals surface area contributed by atoms with Crippen LogP contribution in [0.5, 0.6) is 5.75 Å². The lowest BCUT2D eigenvalue weighted by atomic mass is 9.84. The third-order valence-corrected chi connectivity index (χ3v) is 7.42. The van der Waals surface area contributed by atoms with E-state index in [1.54, 1.807) is 37.4 Å². The van der Waals surface area contributed by atoms with Gasteiger partial charge in [0.2, 0.25) is 0 Å². The van der Waals surface area contributed by atoms with Crippen LogP contribution in [0.3, 0.4) is 0 Å². The summed E-state index contributed by atoms with van der Waals surface area (Å²) in [5.41, 5.74) is 1.82. The van der Waals surface area contributed by atoms with E-state index in [4.69, 9.17) is 4.74 Å². The van der Waals surface area contributed by atoms with Crippen LogP contribution in [0.15, 0.2) is 53.7 Å². The van der Waals surface area contributed by atoms with Gasteiger partial charge < -0.3 is 14.2 Å². The highest BCUT2D eigenvalue weighted by molar-refractivity contribution is 7.99. The Morgan fingerprint density at radius 2 is 2.06 bits per heavy atom. The van der Waals surface area contributed by atoms with Crippen LogP contribution >= 0.6 is 11.8 Å². The van der Waals surface area contributed by atoms with Gasteiger partial charge in [0.25, 0.3) is 0 Å². The zero-order valence-corrected chi connectivity index (χ0v) is 22.2. The van der Waals surface area contributed by atoms with Gasteiger partial charge in [-0.15, -0.1) is 10.2 Å². The number of Topliss-reactive ketones (excluding diaryl/α,β-unsaturated/α-hetero) is 1. The molecule has 2 aromatic rings. The molecule has 0 saturated carbocycles. The average molecular weight is 517 g/mol. The molecule has 1 aromatic heterocycles. The number of aromatic nitrogens is 3. The lowest BCUT2D eigenvalue weighted by Gasteiger charge is -2.37. The number of methoxy groups -OCH3 is 1. The van der Waals surface area contributed by atoms with Crippen LogP contribution in [-0.2, 0) is 7.05 Å². The van der Waals surface area contributed by atoms with Crippen molar-refractivity contribution in [1.82, 2.24) is 19.7 Å². The van der Waals surface area contributed by atoms with E-state index in [9.17, 15) is 13.6 Å². The zero-order chi connectivity index (χ0) is 26.2. The topological polar surface area (TPSA) is 60.2 Å². The predicted molar refractivity (Wildman–Crippen MR) is 141 cm³/mol. The minimum atomic E-state index is -1.01. The number of piperidine rings is 1. The molecule has 0 spiro atoms. The second-order valence-corrected chi connectivity index (χ2v) is 10.2. The first kappa shape index (κ1) is 27.8. The molecule has 1 aliphatic rings. The minimum absolute atomic E-state index is 0.0133. The Labute approximate surface area is 216 Å². The standard InChI is InChI=1S/C27H34F2N4O2S/c1-6-23(28)24(29)9-11-26-30-31-27(32(26)4)36-13-7-12-33-16-18(2)14-21(17-33)20-8-10-25(35-5)22(15-20)19(3)34/h6,8-11,15,18,21H,1,7,12-14,16-17H2,2-5H3/b11-9+,24-23-/t18-,21+/m1/s1. The molecule has 36 heavy (non-hydrogen) atoms. The summed E-state index contributed by atoms with van der Waals surface area (Å²) in [4.78, 5) is 14.6. The molecule has 2 heterocycles. The van der Waals surface area contributed by atoms with Crippen LogP contribution in [0, 0.1) is 5.92 Å². The van der Waals surface area contributed by atoms with E-state index in [0.717, 1.165) is 55.5 Å². The van der Waals surface area contributed by atoms with E-state index in [1.165, 1.54) is 11.6 Å². The van der Waals surface area contributed by atoms with Gasteiger partial charge in [-0.2, -0.15) is 0 Å². The number of carbonyl (C=O) groups is 1. The van der Waals surface area contributed by atoms with E-state index in [2.05, 4.69) is 34.7 Å². The average Bonchev–Trinajstić information content (AvgIpc) is 3.22. The van der Waals surface area contributed by atoms with Gasteiger partial charge in [-0.1, -0.05) is 31.3 Å². The predicted octanol–water partition coefficient (Wildman–Crippen LogP) is 5.98. The lowest BCUT2D eigenvalue weighted by Crippen LogP contribution is -2.39. The molecule has 3 rings (SSSR count). The van der Waals surface area contributed by atoms with Crippen molar-refractivity contribution >= 4 is 23.6 Å². The van der Waals surface area contributed by atoms with Crippen molar-refractivity contribution in [3.63, 3.8) is 0 Å². The highest BCUT2D eigenvalue weighted by Crippen LogP contribution is 2.33. The Morgan fingerprint density at radius 3 is 2.75 bits per heavy atom. The zero-order valence-electron chi connectivity index (χ0n) is 21.3. The van der Waals surface area contributed by atoms with Crippen LogP contribution in [0.4, 0.5) is 8.78 Å². The second-order valence-electron chi connectivity index (χ2n) is 9.15. The van der Waals surface area contributed by atoms with Crippen molar-refractivity contribution < 1.29 is 18.3 Å². The van der Waals surface area contributed by atoms with Crippen molar-refractivity contribution in [2.24, 2.45) is 13.0 Å². The van der Waals surface area contributed by atoms with Crippen LogP contribution in [-0.4, -0.2) is 57.9 Å². The summed E-state index contributed by atoms with van der Waals surface area (Å²) < 4.78 is 33.9. The van der Waals surface area contributed by atoms with Gasteiger partial charge in [0.1, 0.15) is 5.75 Å². The number of thioether (sulfide) groups is 1. The molecule has 9 heteroatoms. The summed E-state index contributed by atoms with van der Waals surface area (Å²) in [7, 11) is 3.39. The van der Waals surface area contributed by atoms with Crippen molar-refractivity contribution in [2.45, 2.75) is 37.8 Å². The van der Waals surface area contributed by atoms with Crippen LogP contribution in [0.1, 0.15) is 54.4 Å². The molecule has 1 saturated heterocycles. The summed E-state index contributed by atoms with van der Waals surface area (Å²) in [6.45, 7) is 10.0. The molecule has 0 bridgehead atoms. The number of halogens is 2. The minimum Gasteiger partial charge on any atom is -0.496 e. The smallest absolute Gasteiger partial charge is 0.191 e. The summed E-state index contributed by atoms with van der Waals surface area (Å²) in [6.07, 6.45) is 5.30. The lowest BCUT2D eigenvalue weighted by molar-refractivity contribution is 0.101. The Bertz CT molecular complexity index is 1140. The van der Waals surface area contributed by atoms with Crippen molar-refractivity contribution in [3.05, 3.63) is 65.5 Å². The number of carbonyl (C=O) groups excluding carboxylic acids is 1. The molecular formula is C27H34F2N4O2S. The van der Waals surface area contributed by atoms with Gasteiger partial charge >= 0.3 is 0 Å². The van der Waals surface area contributed by atoms with E-state index in [1.807, 2.05) is 12.1 Å². The fourth-order valence-corrected chi connectivity index (χ4v) is 5.36. The van der Waals surface area contributed by atoms with Crippen LogP contribution < -0.4 is 4.74 Å². The van der Waals surface area contributed by atoms with Crippen LogP contribution in [0.25, 0.3) is 6.08 Å². The maximum atomic E-state index is 13.6. The van der Waals surface area contributed by atoms with Crippen molar-refractivity contribution in [2.75, 3.05) is 32.5 Å². The number of rotatable bonds is 11. The fraction of sp³-hybridized carbons (Fsp3) is 0.444. The van der Waals surface area contributed by atoms with Crippen molar-refractivity contribution in [1.29, 1.82) is 0 Å². The van der Waals surface area contributed by atoms with Gasteiger partial charge in [0.15, 0.2) is 28.4 Å². The van der Waals surface area contributed by atoms with E-state index in [-0.39, 0.29) is 5.78 Å². The molecule has 6 nitrogen and oxygen atoms in total. The Balaban J connectivity index is 1.54. The first-order chi connectivity index (χ1) is 17.2. The molecule has 1 aromatic carbocycles. The summed E-state index contributed by atoms with van der Waals surface area (Å²) >= 11 is 1.59. The quantitative estimate of drug-likeness (QED) is 0.158. The molecule has 1 aliphatic heterocycles. The van der Waals surface area contributed by atoms with Gasteiger partial charge in [0, 0.05) is 25.9 Å². The van der Waals surface area contributed by atoms with E-state index >= 15 is 0 Å². The number of ether oxygens (including phenoxy) is 1. The fourth-order valence-electron chi connectivity index (χ4n) is 4.51. The molecule has 0 amide bonds. The highest BCUT2D eigenvalue weighted by atomic mass is 32.2. The number of allylic oxidation sites excluding steroid dienone is 4. The SMILES string of the molecule is C=C/C(F)=C(F)\C=C\c1nnc(SCCCN2C[C@H](C)C[C@H](c3ccc(OC)c(C(C)=O)c3)C2)n1C. The highest BCUT2D eigenvalue weighted by Gasteiger charge is 2.26. The molecule has 0 aliphatic carbocycles.